The average Bonchev–Trinajstić information content (AvgIpc) is 3.83. The maximum Gasteiger partial charge on any atom is 0.136 e. The first-order valence-electron chi connectivity index (χ1n) is 18.7. The van der Waals surface area contributed by atoms with Gasteiger partial charge in [0.15, 0.2) is 0 Å². The molecule has 0 aliphatic carbocycles. The lowest BCUT2D eigenvalue weighted by atomic mass is 9.95. The molecule has 2 aromatic heterocycles. The summed E-state index contributed by atoms with van der Waals surface area (Å²) in [7, 11) is 0. The van der Waals surface area contributed by atoms with Crippen molar-refractivity contribution in [3.8, 4) is 33.4 Å². The molecule has 0 saturated carbocycles. The second-order valence-corrected chi connectivity index (χ2v) is 14.1. The number of hydrogen-bond acceptors (Lipinski definition) is 3. The van der Waals surface area contributed by atoms with Gasteiger partial charge in [0.2, 0.25) is 0 Å². The van der Waals surface area contributed by atoms with Crippen LogP contribution in [0.5, 0.6) is 0 Å². The second kappa shape index (κ2) is 12.6. The molecule has 11 aromatic rings. The number of nitrogens with zero attached hydrogens (tertiary/aromatic N) is 1. The zero-order valence-electron chi connectivity index (χ0n) is 29.8. The summed E-state index contributed by atoms with van der Waals surface area (Å²) in [4.78, 5) is 2.39. The van der Waals surface area contributed by atoms with E-state index < -0.39 is 0 Å². The molecule has 0 aliphatic heterocycles. The second-order valence-electron chi connectivity index (χ2n) is 14.1. The normalized spacial score (nSPS) is 11.6. The molecule has 0 atom stereocenters. The summed E-state index contributed by atoms with van der Waals surface area (Å²) in [5.41, 5.74) is 13.6. The van der Waals surface area contributed by atoms with Gasteiger partial charge in [-0.3, -0.25) is 0 Å². The molecule has 2 heterocycles. The number of para-hydroxylation sites is 2. The summed E-state index contributed by atoms with van der Waals surface area (Å²) in [5, 5.41) is 6.89. The Hall–Kier alpha value is -7.36. The molecule has 0 fully saturated rings. The molecule has 0 saturated heterocycles. The highest BCUT2D eigenvalue weighted by Gasteiger charge is 2.21. The standard InChI is InChI=1S/C52H33NO2/c1-2-12-35(13-3-1)42-29-25-39(38-22-21-34-11-4-5-14-37(34)31-38)32-47(42)53(41-28-30-50-46(33-41)44-15-6-8-18-48(44)54-50)40-26-23-36(24-27-40)43-17-10-20-51-52(43)45-16-7-9-19-49(45)55-51/h1-33H. The van der Waals surface area contributed by atoms with Gasteiger partial charge in [0, 0.05) is 38.5 Å². The minimum absolute atomic E-state index is 0.869. The van der Waals surface area contributed by atoms with Crippen LogP contribution in [0.25, 0.3) is 88.0 Å². The van der Waals surface area contributed by atoms with E-state index in [4.69, 9.17) is 8.83 Å². The fraction of sp³-hybridized carbons (Fsp3) is 0. The van der Waals surface area contributed by atoms with Crippen molar-refractivity contribution < 1.29 is 8.83 Å². The molecule has 0 radical (unpaired) electrons. The predicted molar refractivity (Wildman–Crippen MR) is 229 cm³/mol. The zero-order valence-corrected chi connectivity index (χ0v) is 29.8. The molecule has 0 spiro atoms. The molecule has 258 valence electrons. The van der Waals surface area contributed by atoms with Crippen LogP contribution in [0.2, 0.25) is 0 Å². The van der Waals surface area contributed by atoms with E-state index in [-0.39, 0.29) is 0 Å². The molecule has 0 N–H and O–H groups in total. The maximum absolute atomic E-state index is 6.30. The number of furan rings is 2. The lowest BCUT2D eigenvalue weighted by molar-refractivity contribution is 0.668. The van der Waals surface area contributed by atoms with E-state index in [1.165, 1.54) is 16.3 Å². The monoisotopic (exact) mass is 703 g/mol. The summed E-state index contributed by atoms with van der Waals surface area (Å²) in [5.74, 6) is 0. The van der Waals surface area contributed by atoms with Crippen LogP contribution in [0.4, 0.5) is 17.1 Å². The van der Waals surface area contributed by atoms with Crippen molar-refractivity contribution in [2.24, 2.45) is 0 Å². The van der Waals surface area contributed by atoms with Gasteiger partial charge >= 0.3 is 0 Å². The van der Waals surface area contributed by atoms with Gasteiger partial charge in [0.05, 0.1) is 5.69 Å². The van der Waals surface area contributed by atoms with Crippen LogP contribution in [0.15, 0.2) is 209 Å². The molecule has 0 bridgehead atoms. The van der Waals surface area contributed by atoms with Gasteiger partial charge in [0.25, 0.3) is 0 Å². The fourth-order valence-corrected chi connectivity index (χ4v) is 8.21. The van der Waals surface area contributed by atoms with E-state index >= 15 is 0 Å². The molecule has 0 unspecified atom stereocenters. The number of rotatable bonds is 6. The van der Waals surface area contributed by atoms with E-state index in [1.807, 2.05) is 24.3 Å². The van der Waals surface area contributed by atoms with E-state index in [0.29, 0.717) is 0 Å². The Morgan fingerprint density at radius 1 is 0.309 bits per heavy atom. The lowest BCUT2D eigenvalue weighted by Gasteiger charge is -2.29. The molecule has 9 aromatic carbocycles. The Kier molecular flexibility index (Phi) is 7.17. The van der Waals surface area contributed by atoms with Crippen molar-refractivity contribution in [2.45, 2.75) is 0 Å². The first-order chi connectivity index (χ1) is 27.2. The van der Waals surface area contributed by atoms with Crippen molar-refractivity contribution in [3.05, 3.63) is 200 Å². The number of anilines is 3. The van der Waals surface area contributed by atoms with Crippen LogP contribution in [-0.2, 0) is 0 Å². The Labute approximate surface area is 317 Å². The maximum atomic E-state index is 6.30. The SMILES string of the molecule is c1ccc(-c2ccc(-c3ccc4ccccc4c3)cc2N(c2ccc(-c3cccc4oc5ccccc5c34)cc2)c2ccc3oc4ccccc4c3c2)cc1. The number of benzene rings is 9. The molecule has 11 rings (SSSR count). The van der Waals surface area contributed by atoms with Crippen LogP contribution < -0.4 is 4.90 Å². The average molecular weight is 704 g/mol. The Bertz CT molecular complexity index is 3210. The highest BCUT2D eigenvalue weighted by Crippen LogP contribution is 2.45. The third kappa shape index (κ3) is 5.28. The van der Waals surface area contributed by atoms with E-state index in [2.05, 4.69) is 181 Å². The van der Waals surface area contributed by atoms with Crippen molar-refractivity contribution in [1.29, 1.82) is 0 Å². The number of fused-ring (bicyclic) bond motifs is 7. The summed E-state index contributed by atoms with van der Waals surface area (Å²) in [6.07, 6.45) is 0. The zero-order chi connectivity index (χ0) is 36.3. The van der Waals surface area contributed by atoms with Crippen LogP contribution in [-0.4, -0.2) is 0 Å². The quantitative estimate of drug-likeness (QED) is 0.173. The first kappa shape index (κ1) is 31.2. The summed E-state index contributed by atoms with van der Waals surface area (Å²) in [6.45, 7) is 0. The minimum atomic E-state index is 0.869. The molecular formula is C52H33NO2. The molecule has 0 amide bonds. The molecule has 55 heavy (non-hydrogen) atoms. The number of hydrogen-bond donors (Lipinski definition) is 0. The third-order valence-electron chi connectivity index (χ3n) is 10.9. The molecule has 0 aliphatic rings. The van der Waals surface area contributed by atoms with Gasteiger partial charge in [-0.1, -0.05) is 140 Å². The molecule has 3 nitrogen and oxygen atoms in total. The van der Waals surface area contributed by atoms with Gasteiger partial charge in [-0.15, -0.1) is 0 Å². The highest BCUT2D eigenvalue weighted by atomic mass is 16.3. The van der Waals surface area contributed by atoms with E-state index in [9.17, 15) is 0 Å². The lowest BCUT2D eigenvalue weighted by Crippen LogP contribution is -2.11. The van der Waals surface area contributed by atoms with Gasteiger partial charge < -0.3 is 13.7 Å². The third-order valence-corrected chi connectivity index (χ3v) is 10.9. The predicted octanol–water partition coefficient (Wildman–Crippen LogP) is 15.1. The van der Waals surface area contributed by atoms with Crippen LogP contribution in [0.1, 0.15) is 0 Å². The van der Waals surface area contributed by atoms with Gasteiger partial charge in [-0.25, -0.2) is 0 Å². The van der Waals surface area contributed by atoms with Gasteiger partial charge in [0.1, 0.15) is 22.3 Å². The fourth-order valence-electron chi connectivity index (χ4n) is 8.21. The smallest absolute Gasteiger partial charge is 0.136 e. The van der Waals surface area contributed by atoms with Gasteiger partial charge in [-0.05, 0) is 99.3 Å². The van der Waals surface area contributed by atoms with E-state index in [1.54, 1.807) is 0 Å². The largest absolute Gasteiger partial charge is 0.456 e. The van der Waals surface area contributed by atoms with E-state index in [0.717, 1.165) is 88.8 Å². The minimum Gasteiger partial charge on any atom is -0.456 e. The van der Waals surface area contributed by atoms with Crippen molar-refractivity contribution in [1.82, 2.24) is 0 Å². The Morgan fingerprint density at radius 2 is 0.909 bits per heavy atom. The summed E-state index contributed by atoms with van der Waals surface area (Å²) < 4.78 is 12.6. The summed E-state index contributed by atoms with van der Waals surface area (Å²) >= 11 is 0. The van der Waals surface area contributed by atoms with Crippen molar-refractivity contribution in [2.75, 3.05) is 4.90 Å². The van der Waals surface area contributed by atoms with Crippen molar-refractivity contribution >= 4 is 71.7 Å². The van der Waals surface area contributed by atoms with Crippen LogP contribution in [0, 0.1) is 0 Å². The van der Waals surface area contributed by atoms with Gasteiger partial charge in [-0.2, -0.15) is 0 Å². The Balaban J connectivity index is 1.14. The highest BCUT2D eigenvalue weighted by molar-refractivity contribution is 6.12. The Morgan fingerprint density at radius 3 is 1.76 bits per heavy atom. The first-order valence-corrected chi connectivity index (χ1v) is 18.7. The van der Waals surface area contributed by atoms with Crippen LogP contribution in [0.3, 0.4) is 0 Å². The topological polar surface area (TPSA) is 29.5 Å². The summed E-state index contributed by atoms with van der Waals surface area (Å²) in [6, 6.07) is 71.2. The molecule has 3 heteroatoms. The molecular weight excluding hydrogens is 671 g/mol. The van der Waals surface area contributed by atoms with Crippen LogP contribution >= 0.6 is 0 Å². The van der Waals surface area contributed by atoms with Crippen molar-refractivity contribution in [3.63, 3.8) is 0 Å².